The summed E-state index contributed by atoms with van der Waals surface area (Å²) in [4.78, 5) is 14.0. The zero-order valence-electron chi connectivity index (χ0n) is 9.01. The second-order valence-corrected chi connectivity index (χ2v) is 6.22. The second kappa shape index (κ2) is 5.15. The molecule has 0 saturated heterocycles. The van der Waals surface area contributed by atoms with Crippen LogP contribution in [0.3, 0.4) is 0 Å². The summed E-state index contributed by atoms with van der Waals surface area (Å²) in [7, 11) is 0. The van der Waals surface area contributed by atoms with E-state index in [0.717, 1.165) is 22.2 Å². The van der Waals surface area contributed by atoms with Crippen LogP contribution in [-0.2, 0) is 12.8 Å². The van der Waals surface area contributed by atoms with Gasteiger partial charge in [-0.25, -0.2) is 0 Å². The predicted octanol–water partition coefficient (Wildman–Crippen LogP) is 3.27. The maximum atomic E-state index is 11.8. The molecular weight excluding hydrogens is 286 g/mol. The number of aryl methyl sites for hydroxylation is 2. The predicted molar refractivity (Wildman–Crippen MR) is 71.4 cm³/mol. The first-order valence-electron chi connectivity index (χ1n) is 5.40. The first kappa shape index (κ1) is 11.9. The van der Waals surface area contributed by atoms with Gasteiger partial charge in [-0.15, -0.1) is 11.3 Å². The number of hydrogen-bond acceptors (Lipinski definition) is 2. The highest BCUT2D eigenvalue weighted by atomic mass is 79.9. The second-order valence-electron chi connectivity index (χ2n) is 3.97. The lowest BCUT2D eigenvalue weighted by atomic mass is 9.99. The lowest BCUT2D eigenvalue weighted by Crippen LogP contribution is -2.23. The average molecular weight is 300 g/mol. The van der Waals surface area contributed by atoms with E-state index < -0.39 is 0 Å². The van der Waals surface area contributed by atoms with E-state index in [2.05, 4.69) is 27.8 Å². The van der Waals surface area contributed by atoms with Crippen LogP contribution < -0.4 is 5.32 Å². The lowest BCUT2D eigenvalue weighted by Gasteiger charge is -2.08. The molecule has 0 saturated carbocycles. The summed E-state index contributed by atoms with van der Waals surface area (Å²) in [6, 6.07) is 2.05. The van der Waals surface area contributed by atoms with Gasteiger partial charge in [0.15, 0.2) is 0 Å². The Kier molecular flexibility index (Phi) is 3.82. The standard InChI is InChI=1S/C12H14BrNOS/c1-8(13)7-14-12(15)11-6-9-4-2-3-5-10(9)16-11/h6H,1-5,7H2,(H,14,15). The quantitative estimate of drug-likeness (QED) is 0.912. The summed E-state index contributed by atoms with van der Waals surface area (Å²) < 4.78 is 0.794. The maximum absolute atomic E-state index is 11.8. The van der Waals surface area contributed by atoms with E-state index in [1.807, 2.05) is 6.07 Å². The van der Waals surface area contributed by atoms with Gasteiger partial charge in [0.2, 0.25) is 0 Å². The van der Waals surface area contributed by atoms with Gasteiger partial charge in [-0.2, -0.15) is 0 Å². The Morgan fingerprint density at radius 1 is 1.50 bits per heavy atom. The highest BCUT2D eigenvalue weighted by Gasteiger charge is 2.16. The van der Waals surface area contributed by atoms with Gasteiger partial charge in [-0.1, -0.05) is 22.5 Å². The molecule has 2 nitrogen and oxygen atoms in total. The van der Waals surface area contributed by atoms with Gasteiger partial charge >= 0.3 is 0 Å². The van der Waals surface area contributed by atoms with Crippen molar-refractivity contribution in [2.24, 2.45) is 0 Å². The van der Waals surface area contributed by atoms with Crippen LogP contribution in [0.25, 0.3) is 0 Å². The molecule has 0 atom stereocenters. The molecule has 1 aliphatic carbocycles. The maximum Gasteiger partial charge on any atom is 0.261 e. The molecule has 4 heteroatoms. The smallest absolute Gasteiger partial charge is 0.261 e. The third kappa shape index (κ3) is 2.74. The van der Waals surface area contributed by atoms with Crippen molar-refractivity contribution >= 4 is 33.2 Å². The Balaban J connectivity index is 2.06. The Morgan fingerprint density at radius 3 is 2.94 bits per heavy atom. The summed E-state index contributed by atoms with van der Waals surface area (Å²) in [6.45, 7) is 4.18. The number of amides is 1. The highest BCUT2D eigenvalue weighted by Crippen LogP contribution is 2.29. The van der Waals surface area contributed by atoms with Crippen molar-refractivity contribution in [2.75, 3.05) is 6.54 Å². The van der Waals surface area contributed by atoms with Crippen molar-refractivity contribution in [3.63, 3.8) is 0 Å². The molecule has 0 aromatic carbocycles. The van der Waals surface area contributed by atoms with E-state index in [4.69, 9.17) is 0 Å². The van der Waals surface area contributed by atoms with Gasteiger partial charge in [-0.05, 0) is 37.3 Å². The molecule has 0 radical (unpaired) electrons. The molecule has 1 aromatic rings. The fourth-order valence-electron chi connectivity index (χ4n) is 1.87. The minimum absolute atomic E-state index is 0.0139. The highest BCUT2D eigenvalue weighted by molar-refractivity contribution is 9.11. The molecule has 1 heterocycles. The Morgan fingerprint density at radius 2 is 2.25 bits per heavy atom. The molecule has 0 fully saturated rings. The monoisotopic (exact) mass is 299 g/mol. The Labute approximate surface area is 108 Å². The van der Waals surface area contributed by atoms with Gasteiger partial charge in [0.1, 0.15) is 0 Å². The van der Waals surface area contributed by atoms with Crippen molar-refractivity contribution in [2.45, 2.75) is 25.7 Å². The lowest BCUT2D eigenvalue weighted by molar-refractivity contribution is 0.0962. The number of thiophene rings is 1. The normalized spacial score (nSPS) is 14.3. The van der Waals surface area contributed by atoms with Crippen molar-refractivity contribution in [1.29, 1.82) is 0 Å². The fraction of sp³-hybridized carbons (Fsp3) is 0.417. The van der Waals surface area contributed by atoms with Crippen LogP contribution in [0.1, 0.15) is 33.0 Å². The first-order valence-corrected chi connectivity index (χ1v) is 7.01. The van der Waals surface area contributed by atoms with Gasteiger partial charge in [0.25, 0.3) is 5.91 Å². The van der Waals surface area contributed by atoms with Crippen LogP contribution >= 0.6 is 27.3 Å². The molecule has 1 aromatic heterocycles. The summed E-state index contributed by atoms with van der Waals surface area (Å²) in [5.41, 5.74) is 1.37. The molecule has 0 spiro atoms. The topological polar surface area (TPSA) is 29.1 Å². The van der Waals surface area contributed by atoms with E-state index in [1.165, 1.54) is 23.3 Å². The van der Waals surface area contributed by atoms with Gasteiger partial charge in [0.05, 0.1) is 4.88 Å². The van der Waals surface area contributed by atoms with Crippen LogP contribution in [0.15, 0.2) is 17.1 Å². The van der Waals surface area contributed by atoms with E-state index >= 15 is 0 Å². The molecule has 1 N–H and O–H groups in total. The summed E-state index contributed by atoms with van der Waals surface area (Å²) >= 11 is 4.86. The number of hydrogen-bond donors (Lipinski definition) is 1. The number of carbonyl (C=O) groups excluding carboxylic acids is 1. The van der Waals surface area contributed by atoms with E-state index in [-0.39, 0.29) is 5.91 Å². The fourth-order valence-corrected chi connectivity index (χ4v) is 3.18. The van der Waals surface area contributed by atoms with Crippen molar-refractivity contribution < 1.29 is 4.79 Å². The van der Waals surface area contributed by atoms with Crippen LogP contribution in [0, 0.1) is 0 Å². The molecule has 0 aliphatic heterocycles. The summed E-state index contributed by atoms with van der Waals surface area (Å²) in [6.07, 6.45) is 4.78. The van der Waals surface area contributed by atoms with E-state index in [1.54, 1.807) is 11.3 Å². The molecule has 2 rings (SSSR count). The molecule has 0 bridgehead atoms. The number of nitrogens with one attached hydrogen (secondary N) is 1. The molecule has 1 aliphatic rings. The number of carbonyl (C=O) groups is 1. The van der Waals surface area contributed by atoms with E-state index in [0.29, 0.717) is 6.54 Å². The van der Waals surface area contributed by atoms with Crippen molar-refractivity contribution in [1.82, 2.24) is 5.32 Å². The SMILES string of the molecule is C=C(Br)CNC(=O)c1cc2c(s1)CCCC2. The largest absolute Gasteiger partial charge is 0.347 e. The zero-order chi connectivity index (χ0) is 11.5. The van der Waals surface area contributed by atoms with Gasteiger partial charge < -0.3 is 5.32 Å². The average Bonchev–Trinajstić information content (AvgIpc) is 2.69. The van der Waals surface area contributed by atoms with Crippen LogP contribution in [-0.4, -0.2) is 12.5 Å². The van der Waals surface area contributed by atoms with Gasteiger partial charge in [-0.3, -0.25) is 4.79 Å². The minimum atomic E-state index is 0.0139. The van der Waals surface area contributed by atoms with Crippen molar-refractivity contribution in [3.8, 4) is 0 Å². The number of fused-ring (bicyclic) bond motifs is 1. The summed E-state index contributed by atoms with van der Waals surface area (Å²) in [5.74, 6) is 0.0139. The van der Waals surface area contributed by atoms with Crippen LogP contribution in [0.4, 0.5) is 0 Å². The molecule has 0 unspecified atom stereocenters. The van der Waals surface area contributed by atoms with Crippen LogP contribution in [0.2, 0.25) is 0 Å². The third-order valence-corrected chi connectivity index (χ3v) is 4.18. The molecule has 1 amide bonds. The van der Waals surface area contributed by atoms with E-state index in [9.17, 15) is 4.79 Å². The Hall–Kier alpha value is -0.610. The van der Waals surface area contributed by atoms with Crippen LogP contribution in [0.5, 0.6) is 0 Å². The zero-order valence-corrected chi connectivity index (χ0v) is 11.4. The minimum Gasteiger partial charge on any atom is -0.347 e. The molecule has 86 valence electrons. The van der Waals surface area contributed by atoms with Gasteiger partial charge in [0, 0.05) is 15.9 Å². The molecule has 16 heavy (non-hydrogen) atoms. The number of halogens is 1. The van der Waals surface area contributed by atoms with Crippen molar-refractivity contribution in [3.05, 3.63) is 32.4 Å². The molecular formula is C12H14BrNOS. The Bertz CT molecular complexity index is 401. The number of rotatable bonds is 3. The first-order chi connectivity index (χ1) is 7.66. The third-order valence-electron chi connectivity index (χ3n) is 2.66. The summed E-state index contributed by atoms with van der Waals surface area (Å²) in [5, 5.41) is 2.83.